The van der Waals surface area contributed by atoms with Crippen LogP contribution in [0.25, 0.3) is 21.9 Å². The minimum atomic E-state index is 0.344. The Hall–Kier alpha value is -2.90. The van der Waals surface area contributed by atoms with Crippen LogP contribution in [0.1, 0.15) is 23.7 Å². The average Bonchev–Trinajstić information content (AvgIpc) is 3.54. The van der Waals surface area contributed by atoms with Crippen molar-refractivity contribution in [2.45, 2.75) is 25.9 Å². The molecule has 7 heteroatoms. The van der Waals surface area contributed by atoms with Gasteiger partial charge in [0, 0.05) is 24.9 Å². The van der Waals surface area contributed by atoms with E-state index in [-0.39, 0.29) is 0 Å². The Morgan fingerprint density at radius 1 is 1.24 bits per heavy atom. The van der Waals surface area contributed by atoms with Crippen molar-refractivity contribution < 1.29 is 9.15 Å². The number of nitrogens with zero attached hydrogens (tertiary/aromatic N) is 3. The minimum absolute atomic E-state index is 0.344. The lowest BCUT2D eigenvalue weighted by Crippen LogP contribution is -2.08. The number of hydrogen-bond acceptors (Lipinski definition) is 6. The van der Waals surface area contributed by atoms with Crippen molar-refractivity contribution in [1.29, 1.82) is 0 Å². The monoisotopic (exact) mass is 406 g/mol. The van der Waals surface area contributed by atoms with Crippen LogP contribution < -0.4 is 5.32 Å². The number of benzene rings is 1. The SMILES string of the molecule is Cc1nc(NCc2cccc(-c3ccco3)c2)sc1-c1ccn(C2CCOC2)n1. The average molecular weight is 407 g/mol. The van der Waals surface area contributed by atoms with Gasteiger partial charge in [0.15, 0.2) is 5.13 Å². The zero-order valence-electron chi connectivity index (χ0n) is 16.2. The summed E-state index contributed by atoms with van der Waals surface area (Å²) in [6, 6.07) is 14.6. The molecule has 1 fully saturated rings. The lowest BCUT2D eigenvalue weighted by atomic mass is 10.1. The Kier molecular flexibility index (Phi) is 4.91. The van der Waals surface area contributed by atoms with E-state index in [1.165, 1.54) is 5.56 Å². The fraction of sp³-hybridized carbons (Fsp3) is 0.273. The molecule has 1 atom stereocenters. The summed E-state index contributed by atoms with van der Waals surface area (Å²) in [5.74, 6) is 0.877. The molecule has 1 aromatic carbocycles. The zero-order chi connectivity index (χ0) is 19.6. The van der Waals surface area contributed by atoms with Gasteiger partial charge in [0.25, 0.3) is 0 Å². The fourth-order valence-electron chi connectivity index (χ4n) is 3.56. The normalized spacial score (nSPS) is 16.4. The van der Waals surface area contributed by atoms with Gasteiger partial charge in [-0.25, -0.2) is 4.98 Å². The molecule has 5 rings (SSSR count). The molecule has 1 saturated heterocycles. The quantitative estimate of drug-likeness (QED) is 0.480. The van der Waals surface area contributed by atoms with E-state index >= 15 is 0 Å². The maximum atomic E-state index is 5.50. The molecular formula is C22H22N4O2S. The summed E-state index contributed by atoms with van der Waals surface area (Å²) in [4.78, 5) is 5.80. The highest BCUT2D eigenvalue weighted by molar-refractivity contribution is 7.19. The summed E-state index contributed by atoms with van der Waals surface area (Å²) >= 11 is 1.64. The van der Waals surface area contributed by atoms with E-state index in [0.717, 1.165) is 52.4 Å². The molecule has 29 heavy (non-hydrogen) atoms. The third-order valence-electron chi connectivity index (χ3n) is 5.09. The summed E-state index contributed by atoms with van der Waals surface area (Å²) in [5.41, 5.74) is 4.22. The molecule has 0 aliphatic carbocycles. The first kappa shape index (κ1) is 18.1. The van der Waals surface area contributed by atoms with E-state index in [9.17, 15) is 0 Å². The second-order valence-electron chi connectivity index (χ2n) is 7.16. The summed E-state index contributed by atoms with van der Waals surface area (Å²) in [7, 11) is 0. The highest BCUT2D eigenvalue weighted by atomic mass is 32.1. The molecule has 1 aliphatic heterocycles. The number of aromatic nitrogens is 3. The third-order valence-corrected chi connectivity index (χ3v) is 6.23. The molecule has 0 saturated carbocycles. The van der Waals surface area contributed by atoms with Gasteiger partial charge in [0.2, 0.25) is 0 Å². The van der Waals surface area contributed by atoms with Crippen molar-refractivity contribution in [3.05, 3.63) is 66.2 Å². The number of ether oxygens (including phenoxy) is 1. The Morgan fingerprint density at radius 3 is 3.03 bits per heavy atom. The maximum Gasteiger partial charge on any atom is 0.183 e. The first-order chi connectivity index (χ1) is 14.3. The van der Waals surface area contributed by atoms with Crippen LogP contribution in [-0.2, 0) is 11.3 Å². The van der Waals surface area contributed by atoms with Gasteiger partial charge >= 0.3 is 0 Å². The molecule has 1 N–H and O–H groups in total. The lowest BCUT2D eigenvalue weighted by molar-refractivity contribution is 0.184. The van der Waals surface area contributed by atoms with E-state index in [0.29, 0.717) is 12.6 Å². The molecule has 1 unspecified atom stereocenters. The van der Waals surface area contributed by atoms with Crippen LogP contribution in [-0.4, -0.2) is 28.0 Å². The molecular weight excluding hydrogens is 384 g/mol. The zero-order valence-corrected chi connectivity index (χ0v) is 17.0. The molecule has 0 radical (unpaired) electrons. The Morgan fingerprint density at radius 2 is 2.21 bits per heavy atom. The second-order valence-corrected chi connectivity index (χ2v) is 8.16. The molecule has 6 nitrogen and oxygen atoms in total. The predicted molar refractivity (Wildman–Crippen MR) is 114 cm³/mol. The van der Waals surface area contributed by atoms with E-state index < -0.39 is 0 Å². The predicted octanol–water partition coefficient (Wildman–Crippen LogP) is 5.15. The van der Waals surface area contributed by atoms with E-state index in [4.69, 9.17) is 19.2 Å². The summed E-state index contributed by atoms with van der Waals surface area (Å²) < 4.78 is 13.0. The molecule has 0 bridgehead atoms. The lowest BCUT2D eigenvalue weighted by Gasteiger charge is -2.06. The van der Waals surface area contributed by atoms with Crippen LogP contribution in [0, 0.1) is 6.92 Å². The number of aryl methyl sites for hydroxylation is 1. The number of anilines is 1. The number of thiazole rings is 1. The minimum Gasteiger partial charge on any atom is -0.464 e. The first-order valence-corrected chi connectivity index (χ1v) is 10.6. The van der Waals surface area contributed by atoms with Crippen LogP contribution in [0.3, 0.4) is 0 Å². The van der Waals surface area contributed by atoms with Crippen molar-refractivity contribution >= 4 is 16.5 Å². The van der Waals surface area contributed by atoms with Gasteiger partial charge in [-0.3, -0.25) is 4.68 Å². The standard InChI is InChI=1S/C22H22N4O2S/c1-15-21(19-7-9-26(25-19)18-8-11-27-14-18)29-22(24-15)23-13-16-4-2-5-17(12-16)20-6-3-10-28-20/h2-7,9-10,12,18H,8,11,13-14H2,1H3,(H,23,24). The molecule has 0 spiro atoms. The van der Waals surface area contributed by atoms with E-state index in [1.807, 2.05) is 36.0 Å². The van der Waals surface area contributed by atoms with Crippen molar-refractivity contribution in [2.24, 2.45) is 0 Å². The van der Waals surface area contributed by atoms with Gasteiger partial charge in [0.05, 0.1) is 29.5 Å². The number of hydrogen-bond donors (Lipinski definition) is 1. The number of nitrogens with one attached hydrogen (secondary N) is 1. The van der Waals surface area contributed by atoms with E-state index in [1.54, 1.807) is 17.6 Å². The van der Waals surface area contributed by atoms with Gasteiger partial charge in [-0.1, -0.05) is 29.5 Å². The fourth-order valence-corrected chi connectivity index (χ4v) is 4.48. The van der Waals surface area contributed by atoms with Gasteiger partial charge in [-0.15, -0.1) is 0 Å². The Bertz CT molecular complexity index is 1090. The molecule has 3 aromatic heterocycles. The van der Waals surface area contributed by atoms with Crippen molar-refractivity contribution in [1.82, 2.24) is 14.8 Å². The first-order valence-electron chi connectivity index (χ1n) is 9.73. The number of rotatable bonds is 6. The third kappa shape index (κ3) is 3.83. The topological polar surface area (TPSA) is 65.1 Å². The molecule has 4 aromatic rings. The molecule has 1 aliphatic rings. The van der Waals surface area contributed by atoms with Gasteiger partial charge in [-0.2, -0.15) is 5.10 Å². The van der Waals surface area contributed by atoms with Crippen LogP contribution in [0.4, 0.5) is 5.13 Å². The Labute approximate surface area is 173 Å². The van der Waals surface area contributed by atoms with Crippen LogP contribution in [0.5, 0.6) is 0 Å². The van der Waals surface area contributed by atoms with Crippen LogP contribution in [0.15, 0.2) is 59.3 Å². The molecule has 4 heterocycles. The molecule has 0 amide bonds. The molecule has 148 valence electrons. The maximum absolute atomic E-state index is 5.50. The van der Waals surface area contributed by atoms with Crippen molar-refractivity contribution in [3.63, 3.8) is 0 Å². The number of furan rings is 1. The van der Waals surface area contributed by atoms with Gasteiger partial charge in [-0.05, 0) is 43.2 Å². The van der Waals surface area contributed by atoms with E-state index in [2.05, 4.69) is 29.6 Å². The highest BCUT2D eigenvalue weighted by Crippen LogP contribution is 2.33. The summed E-state index contributed by atoms with van der Waals surface area (Å²) in [5, 5.41) is 9.11. The van der Waals surface area contributed by atoms with Crippen LogP contribution in [0.2, 0.25) is 0 Å². The summed E-state index contributed by atoms with van der Waals surface area (Å²) in [6.07, 6.45) is 4.76. The van der Waals surface area contributed by atoms with Gasteiger partial charge in [0.1, 0.15) is 11.5 Å². The Balaban J connectivity index is 1.29. The second kappa shape index (κ2) is 7.85. The smallest absolute Gasteiger partial charge is 0.183 e. The highest BCUT2D eigenvalue weighted by Gasteiger charge is 2.20. The van der Waals surface area contributed by atoms with Crippen LogP contribution >= 0.6 is 11.3 Å². The largest absolute Gasteiger partial charge is 0.464 e. The summed E-state index contributed by atoms with van der Waals surface area (Å²) in [6.45, 7) is 4.29. The van der Waals surface area contributed by atoms with Crippen molar-refractivity contribution in [3.8, 4) is 21.9 Å². The van der Waals surface area contributed by atoms with Crippen molar-refractivity contribution in [2.75, 3.05) is 18.5 Å². The van der Waals surface area contributed by atoms with Gasteiger partial charge < -0.3 is 14.5 Å².